The van der Waals surface area contributed by atoms with Gasteiger partial charge >= 0.3 is 6.03 Å². The quantitative estimate of drug-likeness (QED) is 0.781. The Hall–Kier alpha value is -2.37. The smallest absolute Gasteiger partial charge is 0.322 e. The number of anilines is 1. The number of urea groups is 1. The van der Waals surface area contributed by atoms with E-state index in [1.807, 2.05) is 11.8 Å². The highest BCUT2D eigenvalue weighted by molar-refractivity contribution is 6.22. The molecule has 0 spiro atoms. The van der Waals surface area contributed by atoms with Crippen molar-refractivity contribution in [2.45, 2.75) is 32.7 Å². The summed E-state index contributed by atoms with van der Waals surface area (Å²) in [6, 6.07) is 4.80. The molecular formula is C16H19N3O3. The number of fused-ring (bicyclic) bond motifs is 1. The number of likely N-dealkylation sites (tertiary alicyclic amines) is 1. The number of carbonyl (C=O) groups excluding carboxylic acids is 3. The molecule has 0 saturated carbocycles. The Morgan fingerprint density at radius 2 is 1.91 bits per heavy atom. The second-order valence-corrected chi connectivity index (χ2v) is 6.16. The van der Waals surface area contributed by atoms with Crippen LogP contribution in [-0.4, -0.2) is 35.3 Å². The summed E-state index contributed by atoms with van der Waals surface area (Å²) in [7, 11) is 0. The summed E-state index contributed by atoms with van der Waals surface area (Å²) in [6.45, 7) is 4.91. The number of nitrogens with one attached hydrogen (secondary N) is 2. The molecule has 0 bridgehead atoms. The fourth-order valence-electron chi connectivity index (χ4n) is 3.01. The molecule has 22 heavy (non-hydrogen) atoms. The van der Waals surface area contributed by atoms with Crippen molar-refractivity contribution >= 4 is 23.5 Å². The van der Waals surface area contributed by atoms with Crippen molar-refractivity contribution < 1.29 is 14.4 Å². The summed E-state index contributed by atoms with van der Waals surface area (Å²) in [6.07, 6.45) is 2.13. The summed E-state index contributed by atoms with van der Waals surface area (Å²) in [5.41, 5.74) is 1.19. The highest BCUT2D eigenvalue weighted by atomic mass is 16.2. The van der Waals surface area contributed by atoms with Crippen molar-refractivity contribution in [3.05, 3.63) is 29.3 Å². The lowest BCUT2D eigenvalue weighted by Gasteiger charge is -2.36. The molecule has 2 atom stereocenters. The first kappa shape index (κ1) is 14.6. The van der Waals surface area contributed by atoms with Gasteiger partial charge in [0.25, 0.3) is 11.8 Å². The van der Waals surface area contributed by atoms with E-state index in [1.54, 1.807) is 18.2 Å². The van der Waals surface area contributed by atoms with Gasteiger partial charge in [-0.25, -0.2) is 4.79 Å². The minimum atomic E-state index is -0.420. The van der Waals surface area contributed by atoms with Crippen molar-refractivity contribution in [2.24, 2.45) is 5.92 Å². The topological polar surface area (TPSA) is 78.5 Å². The third-order valence-corrected chi connectivity index (χ3v) is 4.37. The molecule has 3 rings (SSSR count). The minimum Gasteiger partial charge on any atom is -0.322 e. The zero-order valence-electron chi connectivity index (χ0n) is 12.7. The minimum absolute atomic E-state index is 0.163. The molecule has 0 radical (unpaired) electrons. The number of piperidine rings is 1. The first-order valence-electron chi connectivity index (χ1n) is 7.53. The lowest BCUT2D eigenvalue weighted by Crippen LogP contribution is -2.46. The molecule has 0 aromatic heterocycles. The Morgan fingerprint density at radius 3 is 2.68 bits per heavy atom. The number of carbonyl (C=O) groups is 3. The molecule has 6 nitrogen and oxygen atoms in total. The predicted octanol–water partition coefficient (Wildman–Crippen LogP) is 2.22. The number of nitrogens with zero attached hydrogens (tertiary/aromatic N) is 1. The van der Waals surface area contributed by atoms with E-state index < -0.39 is 11.8 Å². The zero-order valence-corrected chi connectivity index (χ0v) is 12.7. The van der Waals surface area contributed by atoms with Crippen LogP contribution in [0.2, 0.25) is 0 Å². The van der Waals surface area contributed by atoms with Gasteiger partial charge in [0, 0.05) is 18.3 Å². The number of amides is 4. The van der Waals surface area contributed by atoms with Crippen LogP contribution in [0.5, 0.6) is 0 Å². The molecular weight excluding hydrogens is 282 g/mol. The summed E-state index contributed by atoms with van der Waals surface area (Å²) in [4.78, 5) is 37.4. The van der Waals surface area contributed by atoms with Crippen LogP contribution in [0.15, 0.2) is 18.2 Å². The molecule has 2 heterocycles. The molecule has 0 unspecified atom stereocenters. The highest BCUT2D eigenvalue weighted by Gasteiger charge is 2.29. The molecule has 1 aromatic carbocycles. The molecule has 2 aliphatic rings. The maximum Gasteiger partial charge on any atom is 0.322 e. The summed E-state index contributed by atoms with van der Waals surface area (Å²) < 4.78 is 0. The van der Waals surface area contributed by atoms with Crippen LogP contribution in [0.3, 0.4) is 0 Å². The van der Waals surface area contributed by atoms with E-state index in [-0.39, 0.29) is 12.1 Å². The maximum atomic E-state index is 12.4. The molecule has 2 aliphatic heterocycles. The fourth-order valence-corrected chi connectivity index (χ4v) is 3.01. The standard InChI is InChI=1S/C16H19N3O3/c1-9-3-4-10(2)19(8-9)16(22)17-11-5-6-12-13(7-11)15(21)18-14(12)20/h5-7,9-10H,3-4,8H2,1-2H3,(H,17,22)(H,18,20,21)/t9-,10+/m0/s1. The molecule has 116 valence electrons. The van der Waals surface area contributed by atoms with Gasteiger partial charge in [0.1, 0.15) is 0 Å². The molecule has 1 aromatic rings. The Kier molecular flexibility index (Phi) is 3.60. The van der Waals surface area contributed by atoms with Crippen molar-refractivity contribution in [2.75, 3.05) is 11.9 Å². The van der Waals surface area contributed by atoms with E-state index in [0.717, 1.165) is 19.4 Å². The van der Waals surface area contributed by atoms with E-state index in [0.29, 0.717) is 22.7 Å². The molecule has 4 amide bonds. The van der Waals surface area contributed by atoms with E-state index in [2.05, 4.69) is 17.6 Å². The van der Waals surface area contributed by atoms with Crippen LogP contribution in [0, 0.1) is 5.92 Å². The second kappa shape index (κ2) is 5.44. The second-order valence-electron chi connectivity index (χ2n) is 6.16. The van der Waals surface area contributed by atoms with Crippen LogP contribution in [0.4, 0.5) is 10.5 Å². The zero-order chi connectivity index (χ0) is 15.9. The van der Waals surface area contributed by atoms with Crippen LogP contribution in [-0.2, 0) is 0 Å². The summed E-state index contributed by atoms with van der Waals surface area (Å²) >= 11 is 0. The maximum absolute atomic E-state index is 12.4. The van der Waals surface area contributed by atoms with Gasteiger partial charge in [0.15, 0.2) is 0 Å². The number of benzene rings is 1. The number of hydrogen-bond acceptors (Lipinski definition) is 3. The van der Waals surface area contributed by atoms with Gasteiger partial charge in [-0.1, -0.05) is 6.92 Å². The van der Waals surface area contributed by atoms with Gasteiger partial charge in [-0.2, -0.15) is 0 Å². The van der Waals surface area contributed by atoms with Crippen LogP contribution < -0.4 is 10.6 Å². The Labute approximate surface area is 128 Å². The van der Waals surface area contributed by atoms with E-state index in [1.165, 1.54) is 0 Å². The van der Waals surface area contributed by atoms with Gasteiger partial charge in [0.2, 0.25) is 0 Å². The average Bonchev–Trinajstić information content (AvgIpc) is 2.76. The van der Waals surface area contributed by atoms with Crippen molar-refractivity contribution in [3.63, 3.8) is 0 Å². The third kappa shape index (κ3) is 2.56. The third-order valence-electron chi connectivity index (χ3n) is 4.37. The predicted molar refractivity (Wildman–Crippen MR) is 81.8 cm³/mol. The van der Waals surface area contributed by atoms with Crippen molar-refractivity contribution in [3.8, 4) is 0 Å². The fraction of sp³-hybridized carbons (Fsp3) is 0.438. The summed E-state index contributed by atoms with van der Waals surface area (Å²) in [5.74, 6) is -0.321. The number of hydrogen-bond donors (Lipinski definition) is 2. The van der Waals surface area contributed by atoms with E-state index in [4.69, 9.17) is 0 Å². The lowest BCUT2D eigenvalue weighted by molar-refractivity contribution is 0.0879. The number of imide groups is 1. The van der Waals surface area contributed by atoms with Gasteiger partial charge in [-0.15, -0.1) is 0 Å². The first-order chi connectivity index (χ1) is 10.5. The average molecular weight is 301 g/mol. The van der Waals surface area contributed by atoms with Gasteiger partial charge in [-0.3, -0.25) is 14.9 Å². The Morgan fingerprint density at radius 1 is 1.18 bits per heavy atom. The molecule has 1 saturated heterocycles. The van der Waals surface area contributed by atoms with Crippen molar-refractivity contribution in [1.82, 2.24) is 10.2 Å². The SMILES string of the molecule is C[C@H]1CC[C@@H](C)N(C(=O)Nc2ccc3c(c2)C(=O)NC3=O)C1. The van der Waals surface area contributed by atoms with E-state index in [9.17, 15) is 14.4 Å². The van der Waals surface area contributed by atoms with Crippen molar-refractivity contribution in [1.29, 1.82) is 0 Å². The summed E-state index contributed by atoms with van der Waals surface area (Å²) in [5, 5.41) is 5.06. The molecule has 6 heteroatoms. The van der Waals surface area contributed by atoms with Gasteiger partial charge in [-0.05, 0) is 43.9 Å². The Balaban J connectivity index is 1.76. The van der Waals surface area contributed by atoms with Crippen LogP contribution in [0.25, 0.3) is 0 Å². The molecule has 2 N–H and O–H groups in total. The molecule has 1 fully saturated rings. The number of rotatable bonds is 1. The largest absolute Gasteiger partial charge is 0.322 e. The first-order valence-corrected chi connectivity index (χ1v) is 7.53. The lowest BCUT2D eigenvalue weighted by atomic mass is 9.95. The van der Waals surface area contributed by atoms with Crippen LogP contribution >= 0.6 is 0 Å². The monoisotopic (exact) mass is 301 g/mol. The van der Waals surface area contributed by atoms with Crippen LogP contribution in [0.1, 0.15) is 47.4 Å². The van der Waals surface area contributed by atoms with E-state index >= 15 is 0 Å². The highest BCUT2D eigenvalue weighted by Crippen LogP contribution is 2.24. The molecule has 0 aliphatic carbocycles. The normalized spacial score (nSPS) is 24.0. The van der Waals surface area contributed by atoms with Gasteiger partial charge in [0.05, 0.1) is 11.1 Å². The Bertz CT molecular complexity index is 656. The van der Waals surface area contributed by atoms with Gasteiger partial charge < -0.3 is 10.2 Å².